The van der Waals surface area contributed by atoms with Crippen LogP contribution in [0.1, 0.15) is 22.7 Å². The van der Waals surface area contributed by atoms with Crippen LogP contribution in [0, 0.1) is 0 Å². The summed E-state index contributed by atoms with van der Waals surface area (Å²) < 4.78 is 9.10. The molecule has 1 unspecified atom stereocenters. The Bertz CT molecular complexity index is 3100. The lowest BCUT2D eigenvalue weighted by Crippen LogP contribution is -2.31. The SMILES string of the molecule is C1=C(c2ccccc2)N=C(c2cccc3c2nc(-c2ccccc2)c2ccc4sc5ccccc5c4c23)NC1c1cccc2c1oc1ccccc12. The molecular formula is C47H29N3OS. The molecule has 1 N–H and O–H groups in total. The topological polar surface area (TPSA) is 50.4 Å². The Kier molecular flexibility index (Phi) is 6.45. The van der Waals surface area contributed by atoms with E-state index in [2.05, 4.69) is 151 Å². The van der Waals surface area contributed by atoms with Gasteiger partial charge >= 0.3 is 0 Å². The number of aromatic nitrogens is 1. The summed E-state index contributed by atoms with van der Waals surface area (Å²) in [5, 5.41) is 12.1. The maximum Gasteiger partial charge on any atom is 0.141 e. The van der Waals surface area contributed by atoms with E-state index in [1.165, 1.54) is 25.6 Å². The van der Waals surface area contributed by atoms with Gasteiger partial charge in [-0.05, 0) is 35.9 Å². The smallest absolute Gasteiger partial charge is 0.141 e. The highest BCUT2D eigenvalue weighted by Gasteiger charge is 2.26. The first-order valence-corrected chi connectivity index (χ1v) is 18.4. The fraction of sp³-hybridized carbons (Fsp3) is 0.0213. The van der Waals surface area contributed by atoms with Crippen molar-refractivity contribution in [2.45, 2.75) is 6.04 Å². The monoisotopic (exact) mass is 683 g/mol. The molecule has 1 aliphatic heterocycles. The largest absolute Gasteiger partial charge is 0.456 e. The minimum atomic E-state index is -0.205. The second-order valence-electron chi connectivity index (χ2n) is 13.3. The molecule has 52 heavy (non-hydrogen) atoms. The van der Waals surface area contributed by atoms with Crippen LogP contribution < -0.4 is 5.32 Å². The third-order valence-corrected chi connectivity index (χ3v) is 11.5. The molecule has 244 valence electrons. The first-order chi connectivity index (χ1) is 25.8. The highest BCUT2D eigenvalue weighted by molar-refractivity contribution is 7.26. The maximum absolute atomic E-state index is 6.55. The average molecular weight is 684 g/mol. The third kappa shape index (κ3) is 4.46. The summed E-state index contributed by atoms with van der Waals surface area (Å²) in [4.78, 5) is 10.9. The van der Waals surface area contributed by atoms with Gasteiger partial charge < -0.3 is 9.73 Å². The van der Waals surface area contributed by atoms with E-state index < -0.39 is 0 Å². The van der Waals surface area contributed by atoms with Crippen molar-refractivity contribution in [3.63, 3.8) is 0 Å². The number of hydrogen-bond acceptors (Lipinski definition) is 5. The van der Waals surface area contributed by atoms with Crippen molar-refractivity contribution < 1.29 is 4.42 Å². The van der Waals surface area contributed by atoms with Crippen molar-refractivity contribution in [1.29, 1.82) is 0 Å². The van der Waals surface area contributed by atoms with Crippen LogP contribution in [0.4, 0.5) is 0 Å². The van der Waals surface area contributed by atoms with Gasteiger partial charge in [0.25, 0.3) is 0 Å². The summed E-state index contributed by atoms with van der Waals surface area (Å²) in [5.74, 6) is 0.776. The second-order valence-corrected chi connectivity index (χ2v) is 14.4. The molecule has 3 aromatic heterocycles. The highest BCUT2D eigenvalue weighted by atomic mass is 32.1. The van der Waals surface area contributed by atoms with E-state index in [9.17, 15) is 0 Å². The lowest BCUT2D eigenvalue weighted by atomic mass is 9.94. The summed E-state index contributed by atoms with van der Waals surface area (Å²) in [6, 6.07) is 55.2. The molecule has 1 atom stereocenters. The van der Waals surface area contributed by atoms with E-state index in [0.29, 0.717) is 0 Å². The standard InChI is InChI=1S/C47H29N3OS/c1-3-13-28(14-4-1)37-27-38(32-20-11-19-31-30-17-7-9-23-39(30)51-46(31)32)49-47(48-37)36-22-12-21-34-42-35(44(50-45(34)36)29-15-5-2-6-16-29)25-26-41-43(42)33-18-8-10-24-40(33)52-41/h1-27,38H,(H,48,49). The molecule has 7 aromatic carbocycles. The van der Waals surface area contributed by atoms with Crippen molar-refractivity contribution in [2.75, 3.05) is 0 Å². The van der Waals surface area contributed by atoms with Gasteiger partial charge in [0.1, 0.15) is 17.0 Å². The van der Waals surface area contributed by atoms with Gasteiger partial charge in [0, 0.05) is 63.8 Å². The number of para-hydroxylation sites is 3. The van der Waals surface area contributed by atoms with Crippen molar-refractivity contribution in [3.05, 3.63) is 180 Å². The van der Waals surface area contributed by atoms with Gasteiger partial charge in [-0.3, -0.25) is 0 Å². The molecule has 0 bridgehead atoms. The van der Waals surface area contributed by atoms with Crippen LogP contribution in [0.15, 0.2) is 173 Å². The van der Waals surface area contributed by atoms with E-state index in [4.69, 9.17) is 14.4 Å². The first kappa shape index (κ1) is 29.2. The normalized spacial score (nSPS) is 14.7. The van der Waals surface area contributed by atoms with Crippen molar-refractivity contribution in [1.82, 2.24) is 10.3 Å². The van der Waals surface area contributed by atoms with Crippen molar-refractivity contribution >= 4 is 86.7 Å². The molecule has 0 saturated heterocycles. The van der Waals surface area contributed by atoms with Gasteiger partial charge in [0.05, 0.1) is 22.9 Å². The van der Waals surface area contributed by atoms with Gasteiger partial charge in [0.2, 0.25) is 0 Å². The number of pyridine rings is 1. The molecule has 11 rings (SSSR count). The highest BCUT2D eigenvalue weighted by Crippen LogP contribution is 2.44. The fourth-order valence-electron chi connectivity index (χ4n) is 7.96. The lowest BCUT2D eigenvalue weighted by Gasteiger charge is -2.25. The molecule has 0 fully saturated rings. The Morgan fingerprint density at radius 3 is 2.12 bits per heavy atom. The van der Waals surface area contributed by atoms with Crippen molar-refractivity contribution in [2.24, 2.45) is 4.99 Å². The number of thiophene rings is 1. The second kappa shape index (κ2) is 11.5. The van der Waals surface area contributed by atoms with E-state index in [1.54, 1.807) is 0 Å². The summed E-state index contributed by atoms with van der Waals surface area (Å²) in [7, 11) is 0. The number of rotatable bonds is 4. The molecule has 0 radical (unpaired) electrons. The average Bonchev–Trinajstić information content (AvgIpc) is 3.79. The van der Waals surface area contributed by atoms with Crippen LogP contribution in [0.3, 0.4) is 0 Å². The van der Waals surface area contributed by atoms with Crippen LogP contribution in [0.2, 0.25) is 0 Å². The van der Waals surface area contributed by atoms with Crippen LogP contribution >= 0.6 is 11.3 Å². The van der Waals surface area contributed by atoms with E-state index in [-0.39, 0.29) is 6.04 Å². The molecule has 1 aliphatic rings. The maximum atomic E-state index is 6.55. The number of benzene rings is 7. The van der Waals surface area contributed by atoms with Crippen molar-refractivity contribution in [3.8, 4) is 11.3 Å². The number of nitrogens with one attached hydrogen (secondary N) is 1. The third-order valence-electron chi connectivity index (χ3n) is 10.3. The van der Waals surface area contributed by atoms with Crippen LogP contribution in [0.25, 0.3) is 80.7 Å². The zero-order valence-electron chi connectivity index (χ0n) is 27.9. The Labute approximate surface area is 303 Å². The Morgan fingerprint density at radius 1 is 0.538 bits per heavy atom. The summed E-state index contributed by atoms with van der Waals surface area (Å²) in [6.45, 7) is 0. The first-order valence-electron chi connectivity index (χ1n) is 17.5. The quantitative estimate of drug-likeness (QED) is 0.188. The number of furan rings is 1. The van der Waals surface area contributed by atoms with Gasteiger partial charge in [-0.15, -0.1) is 11.3 Å². The van der Waals surface area contributed by atoms with Gasteiger partial charge in [-0.1, -0.05) is 133 Å². The molecule has 0 saturated carbocycles. The van der Waals surface area contributed by atoms with Crippen LogP contribution in [0.5, 0.6) is 0 Å². The molecule has 4 heterocycles. The predicted octanol–water partition coefficient (Wildman–Crippen LogP) is 12.5. The number of hydrogen-bond donors (Lipinski definition) is 1. The van der Waals surface area contributed by atoms with Gasteiger partial charge in [0.15, 0.2) is 0 Å². The predicted molar refractivity (Wildman–Crippen MR) is 218 cm³/mol. The molecule has 5 heteroatoms. The van der Waals surface area contributed by atoms with Crippen LogP contribution in [-0.4, -0.2) is 10.8 Å². The zero-order chi connectivity index (χ0) is 34.2. The van der Waals surface area contributed by atoms with E-state index in [1.807, 2.05) is 29.5 Å². The minimum absolute atomic E-state index is 0.205. The number of amidine groups is 1. The molecular weight excluding hydrogens is 655 g/mol. The summed E-state index contributed by atoms with van der Waals surface area (Å²) in [6.07, 6.45) is 2.21. The zero-order valence-corrected chi connectivity index (χ0v) is 28.7. The molecule has 4 nitrogen and oxygen atoms in total. The Hall–Kier alpha value is -6.56. The molecule has 10 aromatic rings. The Morgan fingerprint density at radius 2 is 1.25 bits per heavy atom. The van der Waals surface area contributed by atoms with E-state index in [0.717, 1.165) is 77.7 Å². The van der Waals surface area contributed by atoms with E-state index >= 15 is 0 Å². The summed E-state index contributed by atoms with van der Waals surface area (Å²) >= 11 is 1.84. The fourth-order valence-corrected chi connectivity index (χ4v) is 9.08. The minimum Gasteiger partial charge on any atom is -0.456 e. The molecule has 0 spiro atoms. The summed E-state index contributed by atoms with van der Waals surface area (Å²) in [5.41, 5.74) is 8.70. The van der Waals surface area contributed by atoms with Crippen LogP contribution in [-0.2, 0) is 0 Å². The van der Waals surface area contributed by atoms with Gasteiger partial charge in [-0.25, -0.2) is 9.98 Å². The number of fused-ring (bicyclic) bond motifs is 10. The van der Waals surface area contributed by atoms with Gasteiger partial charge in [-0.2, -0.15) is 0 Å². The number of aliphatic imine (C=N–C) groups is 1. The molecule has 0 amide bonds. The Balaban J connectivity index is 1.19. The molecule has 0 aliphatic carbocycles. The number of nitrogens with zero attached hydrogens (tertiary/aromatic N) is 2. The lowest BCUT2D eigenvalue weighted by molar-refractivity contribution is 0.652.